The quantitative estimate of drug-likeness (QED) is 0.831. The molecule has 106 valence electrons. The second kappa shape index (κ2) is 6.88. The van der Waals surface area contributed by atoms with Crippen LogP contribution in [0.5, 0.6) is 0 Å². The second-order valence-corrected chi connectivity index (χ2v) is 6.55. The van der Waals surface area contributed by atoms with E-state index in [1.807, 2.05) is 0 Å². The van der Waals surface area contributed by atoms with Crippen LogP contribution in [0.2, 0.25) is 0 Å². The number of rotatable bonds is 4. The monoisotopic (exact) mass is 253 g/mol. The Balaban J connectivity index is 1.81. The fraction of sp³-hybridized carbons (Fsp3) is 1.00. The molecule has 0 aromatic rings. The van der Waals surface area contributed by atoms with E-state index in [1.54, 1.807) is 0 Å². The van der Waals surface area contributed by atoms with Gasteiger partial charge in [-0.2, -0.15) is 0 Å². The number of nitrogens with zero attached hydrogens (tertiary/aromatic N) is 2. The highest BCUT2D eigenvalue weighted by atomic mass is 15.2. The van der Waals surface area contributed by atoms with Crippen LogP contribution in [0.3, 0.4) is 0 Å². The summed E-state index contributed by atoms with van der Waals surface area (Å²) in [6.07, 6.45) is 6.78. The van der Waals surface area contributed by atoms with E-state index in [-0.39, 0.29) is 0 Å². The normalized spacial score (nSPS) is 29.0. The minimum Gasteiger partial charge on any atom is -0.329 e. The first-order valence-corrected chi connectivity index (χ1v) is 7.89. The summed E-state index contributed by atoms with van der Waals surface area (Å²) in [6.45, 7) is 10.6. The topological polar surface area (TPSA) is 32.5 Å². The van der Waals surface area contributed by atoms with Gasteiger partial charge in [0.15, 0.2) is 0 Å². The zero-order valence-electron chi connectivity index (χ0n) is 12.3. The van der Waals surface area contributed by atoms with E-state index < -0.39 is 0 Å². The molecule has 1 atom stereocenters. The first-order chi connectivity index (χ1) is 8.70. The van der Waals surface area contributed by atoms with Crippen molar-refractivity contribution < 1.29 is 0 Å². The summed E-state index contributed by atoms with van der Waals surface area (Å²) in [5, 5.41) is 0. The first kappa shape index (κ1) is 14.3. The molecule has 0 spiro atoms. The summed E-state index contributed by atoms with van der Waals surface area (Å²) in [6, 6.07) is 1.47. The Bertz CT molecular complexity index is 234. The molecular formula is C15H31N3. The van der Waals surface area contributed by atoms with Crippen LogP contribution in [0, 0.1) is 5.92 Å². The van der Waals surface area contributed by atoms with Crippen molar-refractivity contribution in [1.29, 1.82) is 0 Å². The van der Waals surface area contributed by atoms with Gasteiger partial charge in [-0.05, 0) is 51.2 Å². The number of hydrogen-bond acceptors (Lipinski definition) is 3. The highest BCUT2D eigenvalue weighted by molar-refractivity contribution is 4.87. The largest absolute Gasteiger partial charge is 0.329 e. The van der Waals surface area contributed by atoms with Gasteiger partial charge in [-0.1, -0.05) is 20.3 Å². The molecule has 3 nitrogen and oxygen atoms in total. The van der Waals surface area contributed by atoms with Gasteiger partial charge in [0.05, 0.1) is 0 Å². The van der Waals surface area contributed by atoms with Gasteiger partial charge in [0.2, 0.25) is 0 Å². The van der Waals surface area contributed by atoms with Gasteiger partial charge in [-0.15, -0.1) is 0 Å². The molecule has 0 amide bonds. The maximum absolute atomic E-state index is 5.94. The fourth-order valence-electron chi connectivity index (χ4n) is 3.71. The molecule has 2 aliphatic rings. The van der Waals surface area contributed by atoms with Crippen LogP contribution in [0.15, 0.2) is 0 Å². The average molecular weight is 253 g/mol. The molecule has 18 heavy (non-hydrogen) atoms. The lowest BCUT2D eigenvalue weighted by Crippen LogP contribution is -2.53. The Labute approximate surface area is 113 Å². The van der Waals surface area contributed by atoms with E-state index in [0.717, 1.165) is 18.5 Å². The smallest absolute Gasteiger partial charge is 0.0221 e. The van der Waals surface area contributed by atoms with Crippen molar-refractivity contribution in [3.8, 4) is 0 Å². The van der Waals surface area contributed by atoms with Crippen LogP contribution in [0.1, 0.15) is 46.0 Å². The minimum absolute atomic E-state index is 0.667. The predicted octanol–water partition coefficient (Wildman–Crippen LogP) is 1.92. The molecule has 2 saturated heterocycles. The van der Waals surface area contributed by atoms with Gasteiger partial charge in [-0.25, -0.2) is 0 Å². The van der Waals surface area contributed by atoms with E-state index in [4.69, 9.17) is 5.73 Å². The molecule has 0 aromatic heterocycles. The first-order valence-electron chi connectivity index (χ1n) is 7.89. The van der Waals surface area contributed by atoms with Crippen molar-refractivity contribution in [2.24, 2.45) is 11.7 Å². The third kappa shape index (κ3) is 3.69. The van der Waals surface area contributed by atoms with Crippen LogP contribution in [0.25, 0.3) is 0 Å². The molecule has 0 aromatic carbocycles. The van der Waals surface area contributed by atoms with Gasteiger partial charge in [0.25, 0.3) is 0 Å². The standard InChI is InChI=1S/C15H31N3/c1-13(2)12-17-9-6-14(7-10-17)18-8-4-3-5-15(18)11-16/h13-15H,3-12,16H2,1-2H3. The average Bonchev–Trinajstić information content (AvgIpc) is 2.39. The van der Waals surface area contributed by atoms with Crippen molar-refractivity contribution in [2.45, 2.75) is 58.0 Å². The zero-order valence-corrected chi connectivity index (χ0v) is 12.3. The third-order valence-electron chi connectivity index (χ3n) is 4.59. The Morgan fingerprint density at radius 1 is 1.06 bits per heavy atom. The van der Waals surface area contributed by atoms with Gasteiger partial charge in [-0.3, -0.25) is 4.90 Å². The molecule has 1 unspecified atom stereocenters. The van der Waals surface area contributed by atoms with Crippen molar-refractivity contribution in [3.63, 3.8) is 0 Å². The molecule has 0 saturated carbocycles. The van der Waals surface area contributed by atoms with Crippen molar-refractivity contribution in [3.05, 3.63) is 0 Å². The van der Waals surface area contributed by atoms with Crippen molar-refractivity contribution in [1.82, 2.24) is 9.80 Å². The van der Waals surface area contributed by atoms with Crippen LogP contribution in [-0.2, 0) is 0 Å². The summed E-state index contributed by atoms with van der Waals surface area (Å²) in [4.78, 5) is 5.37. The second-order valence-electron chi connectivity index (χ2n) is 6.55. The highest BCUT2D eigenvalue weighted by Crippen LogP contribution is 2.25. The van der Waals surface area contributed by atoms with E-state index >= 15 is 0 Å². The molecule has 2 aliphatic heterocycles. The summed E-state index contributed by atoms with van der Waals surface area (Å²) in [5.41, 5.74) is 5.94. The van der Waals surface area contributed by atoms with Gasteiger partial charge >= 0.3 is 0 Å². The molecular weight excluding hydrogens is 222 g/mol. The molecule has 2 rings (SSSR count). The van der Waals surface area contributed by atoms with Gasteiger partial charge in [0, 0.05) is 25.2 Å². The van der Waals surface area contributed by atoms with E-state index in [1.165, 1.54) is 58.3 Å². The lowest BCUT2D eigenvalue weighted by atomic mass is 9.95. The Kier molecular flexibility index (Phi) is 5.46. The Hall–Kier alpha value is -0.120. The minimum atomic E-state index is 0.667. The molecule has 2 fully saturated rings. The van der Waals surface area contributed by atoms with Gasteiger partial charge in [0.1, 0.15) is 0 Å². The molecule has 3 heteroatoms. The third-order valence-corrected chi connectivity index (χ3v) is 4.59. The Morgan fingerprint density at radius 3 is 2.39 bits per heavy atom. The highest BCUT2D eigenvalue weighted by Gasteiger charge is 2.30. The van der Waals surface area contributed by atoms with Crippen LogP contribution < -0.4 is 5.73 Å². The lowest BCUT2D eigenvalue weighted by Gasteiger charge is -2.44. The summed E-state index contributed by atoms with van der Waals surface area (Å²) in [5.74, 6) is 0.799. The van der Waals surface area contributed by atoms with Crippen molar-refractivity contribution in [2.75, 3.05) is 32.7 Å². The molecule has 0 radical (unpaired) electrons. The number of likely N-dealkylation sites (tertiary alicyclic amines) is 2. The summed E-state index contributed by atoms with van der Waals surface area (Å²) >= 11 is 0. The summed E-state index contributed by atoms with van der Waals surface area (Å²) < 4.78 is 0. The molecule has 0 bridgehead atoms. The SMILES string of the molecule is CC(C)CN1CCC(N2CCCCC2CN)CC1. The number of hydrogen-bond donors (Lipinski definition) is 1. The van der Waals surface area contributed by atoms with E-state index in [2.05, 4.69) is 23.6 Å². The zero-order chi connectivity index (χ0) is 13.0. The predicted molar refractivity (Wildman–Crippen MR) is 77.7 cm³/mol. The maximum atomic E-state index is 5.94. The Morgan fingerprint density at radius 2 is 1.78 bits per heavy atom. The van der Waals surface area contributed by atoms with E-state index in [9.17, 15) is 0 Å². The van der Waals surface area contributed by atoms with Crippen molar-refractivity contribution >= 4 is 0 Å². The molecule has 2 heterocycles. The van der Waals surface area contributed by atoms with Gasteiger partial charge < -0.3 is 10.6 Å². The fourth-order valence-corrected chi connectivity index (χ4v) is 3.71. The number of nitrogens with two attached hydrogens (primary N) is 1. The van der Waals surface area contributed by atoms with Crippen LogP contribution >= 0.6 is 0 Å². The number of piperidine rings is 2. The molecule has 2 N–H and O–H groups in total. The molecule has 0 aliphatic carbocycles. The lowest BCUT2D eigenvalue weighted by molar-refractivity contribution is 0.0509. The summed E-state index contributed by atoms with van der Waals surface area (Å²) in [7, 11) is 0. The van der Waals surface area contributed by atoms with Crippen LogP contribution in [0.4, 0.5) is 0 Å². The maximum Gasteiger partial charge on any atom is 0.0221 e. The van der Waals surface area contributed by atoms with E-state index in [0.29, 0.717) is 6.04 Å². The van der Waals surface area contributed by atoms with Crippen LogP contribution in [-0.4, -0.2) is 54.6 Å².